The summed E-state index contributed by atoms with van der Waals surface area (Å²) in [6, 6.07) is 15.5. The van der Waals surface area contributed by atoms with Gasteiger partial charge in [0.15, 0.2) is 0 Å². The minimum atomic E-state index is -0.0989. The number of benzene rings is 2. The van der Waals surface area contributed by atoms with Crippen LogP contribution in [-0.2, 0) is 20.9 Å². The van der Waals surface area contributed by atoms with Crippen molar-refractivity contribution in [2.75, 3.05) is 24.7 Å². The third kappa shape index (κ3) is 5.69. The number of carbonyl (C=O) groups is 2. The highest BCUT2D eigenvalue weighted by Crippen LogP contribution is 2.25. The minimum Gasteiger partial charge on any atom is -0.381 e. The molecule has 0 saturated carbocycles. The number of anilines is 1. The van der Waals surface area contributed by atoms with Gasteiger partial charge in [-0.3, -0.25) is 9.59 Å². The molecule has 0 unspecified atom stereocenters. The first-order valence-electron chi connectivity index (χ1n) is 10.0. The summed E-state index contributed by atoms with van der Waals surface area (Å²) in [5.74, 6) is 6.26. The molecule has 2 aromatic rings. The molecule has 29 heavy (non-hydrogen) atoms. The number of nitrogens with zero attached hydrogens (tertiary/aromatic N) is 1. The van der Waals surface area contributed by atoms with Crippen molar-refractivity contribution in [1.82, 2.24) is 5.32 Å². The van der Waals surface area contributed by atoms with Gasteiger partial charge in [0, 0.05) is 37.1 Å². The Kier molecular flexibility index (Phi) is 7.43. The number of ether oxygens (including phenoxy) is 1. The van der Waals surface area contributed by atoms with E-state index in [9.17, 15) is 9.59 Å². The second-order valence-corrected chi connectivity index (χ2v) is 6.87. The van der Waals surface area contributed by atoms with Crippen LogP contribution in [0, 0.1) is 11.8 Å². The van der Waals surface area contributed by atoms with E-state index in [4.69, 9.17) is 4.74 Å². The topological polar surface area (TPSA) is 58.6 Å². The minimum absolute atomic E-state index is 0.0431. The van der Waals surface area contributed by atoms with Gasteiger partial charge in [-0.1, -0.05) is 49.1 Å². The molecule has 1 aliphatic rings. The van der Waals surface area contributed by atoms with Crippen molar-refractivity contribution in [1.29, 1.82) is 0 Å². The third-order valence-electron chi connectivity index (χ3n) is 4.66. The van der Waals surface area contributed by atoms with E-state index < -0.39 is 0 Å². The predicted molar refractivity (Wildman–Crippen MR) is 113 cm³/mol. The van der Waals surface area contributed by atoms with Gasteiger partial charge >= 0.3 is 0 Å². The standard InChI is InChI=1S/C24H26N2O3/c1-2-16-29-17-14-23(27)25-15-13-24(28)26-18-21-9-4-3-7-19(21)11-12-20-8-5-6-10-22(20)26/h3-10H,2,13-18H2,1H3,(H,25,27). The van der Waals surface area contributed by atoms with Gasteiger partial charge in [0.25, 0.3) is 0 Å². The fraction of sp³-hybridized carbons (Fsp3) is 0.333. The molecule has 3 rings (SSSR count). The normalized spacial score (nSPS) is 12.0. The van der Waals surface area contributed by atoms with Gasteiger partial charge < -0.3 is 15.0 Å². The van der Waals surface area contributed by atoms with Crippen molar-refractivity contribution in [3.8, 4) is 11.8 Å². The molecule has 5 heteroatoms. The van der Waals surface area contributed by atoms with Crippen LogP contribution in [0.1, 0.15) is 42.9 Å². The molecule has 0 fully saturated rings. The fourth-order valence-electron chi connectivity index (χ4n) is 3.15. The highest BCUT2D eigenvalue weighted by atomic mass is 16.5. The van der Waals surface area contributed by atoms with E-state index in [0.717, 1.165) is 28.8 Å². The lowest BCUT2D eigenvalue weighted by molar-refractivity contribution is -0.122. The van der Waals surface area contributed by atoms with E-state index in [1.807, 2.05) is 55.5 Å². The van der Waals surface area contributed by atoms with Crippen molar-refractivity contribution < 1.29 is 14.3 Å². The molecule has 5 nitrogen and oxygen atoms in total. The van der Waals surface area contributed by atoms with E-state index in [0.29, 0.717) is 32.7 Å². The van der Waals surface area contributed by atoms with Crippen LogP contribution in [0.2, 0.25) is 0 Å². The second kappa shape index (κ2) is 10.4. The average Bonchev–Trinajstić information content (AvgIpc) is 2.73. The Hall–Kier alpha value is -3.10. The summed E-state index contributed by atoms with van der Waals surface area (Å²) in [6.45, 7) is 3.85. The number of para-hydroxylation sites is 1. The maximum atomic E-state index is 13.0. The lowest BCUT2D eigenvalue weighted by Crippen LogP contribution is -2.35. The van der Waals surface area contributed by atoms with Crippen LogP contribution >= 0.6 is 0 Å². The lowest BCUT2D eigenvalue weighted by atomic mass is 10.0. The molecule has 2 aromatic carbocycles. The Labute approximate surface area is 172 Å². The summed E-state index contributed by atoms with van der Waals surface area (Å²) >= 11 is 0. The molecule has 2 amide bonds. The van der Waals surface area contributed by atoms with Crippen molar-refractivity contribution in [2.45, 2.75) is 32.7 Å². The number of hydrogen-bond acceptors (Lipinski definition) is 3. The van der Waals surface area contributed by atoms with Crippen molar-refractivity contribution in [2.24, 2.45) is 0 Å². The van der Waals surface area contributed by atoms with Crippen molar-refractivity contribution in [3.63, 3.8) is 0 Å². The van der Waals surface area contributed by atoms with Gasteiger partial charge in [0.2, 0.25) is 11.8 Å². The number of hydrogen-bond donors (Lipinski definition) is 1. The quantitative estimate of drug-likeness (QED) is 0.556. The number of carbonyl (C=O) groups excluding carboxylic acids is 2. The van der Waals surface area contributed by atoms with Crippen LogP contribution in [0.3, 0.4) is 0 Å². The van der Waals surface area contributed by atoms with Crippen LogP contribution in [0.25, 0.3) is 0 Å². The predicted octanol–water partition coefficient (Wildman–Crippen LogP) is 3.26. The van der Waals surface area contributed by atoms with Crippen LogP contribution in [0.15, 0.2) is 48.5 Å². The molecule has 1 N–H and O–H groups in total. The summed E-state index contributed by atoms with van der Waals surface area (Å²) in [4.78, 5) is 26.7. The zero-order chi connectivity index (χ0) is 20.5. The first kappa shape index (κ1) is 20.6. The Morgan fingerprint density at radius 1 is 1.00 bits per heavy atom. The van der Waals surface area contributed by atoms with E-state index >= 15 is 0 Å². The van der Waals surface area contributed by atoms with Crippen LogP contribution < -0.4 is 10.2 Å². The van der Waals surface area contributed by atoms with Gasteiger partial charge in [0.05, 0.1) is 18.8 Å². The summed E-state index contributed by atoms with van der Waals surface area (Å²) in [5, 5.41) is 2.81. The van der Waals surface area contributed by atoms with E-state index in [-0.39, 0.29) is 18.2 Å². The molecule has 150 valence electrons. The van der Waals surface area contributed by atoms with Crippen LogP contribution in [0.4, 0.5) is 5.69 Å². The summed E-state index contributed by atoms with van der Waals surface area (Å²) in [6.07, 6.45) is 1.47. The summed E-state index contributed by atoms with van der Waals surface area (Å²) in [5.41, 5.74) is 3.58. The fourth-order valence-corrected chi connectivity index (χ4v) is 3.15. The van der Waals surface area contributed by atoms with E-state index in [1.54, 1.807) is 4.90 Å². The highest BCUT2D eigenvalue weighted by Gasteiger charge is 2.20. The molecule has 1 aliphatic heterocycles. The van der Waals surface area contributed by atoms with Crippen LogP contribution in [-0.4, -0.2) is 31.6 Å². The maximum absolute atomic E-state index is 13.0. The smallest absolute Gasteiger partial charge is 0.229 e. The number of fused-ring (bicyclic) bond motifs is 2. The highest BCUT2D eigenvalue weighted by molar-refractivity contribution is 5.95. The average molecular weight is 390 g/mol. The number of rotatable bonds is 8. The van der Waals surface area contributed by atoms with Gasteiger partial charge in [-0.15, -0.1) is 0 Å². The summed E-state index contributed by atoms with van der Waals surface area (Å²) < 4.78 is 5.33. The number of amides is 2. The summed E-state index contributed by atoms with van der Waals surface area (Å²) in [7, 11) is 0. The molecule has 0 aromatic heterocycles. The molecule has 0 aliphatic carbocycles. The molecule has 0 saturated heterocycles. The Morgan fingerprint density at radius 3 is 2.55 bits per heavy atom. The second-order valence-electron chi connectivity index (χ2n) is 6.87. The molecular formula is C24H26N2O3. The van der Waals surface area contributed by atoms with Crippen molar-refractivity contribution >= 4 is 17.5 Å². The van der Waals surface area contributed by atoms with Gasteiger partial charge in [-0.25, -0.2) is 0 Å². The molecular weight excluding hydrogens is 364 g/mol. The molecule has 0 radical (unpaired) electrons. The molecule has 0 atom stereocenters. The first-order chi connectivity index (χ1) is 14.2. The van der Waals surface area contributed by atoms with Crippen LogP contribution in [0.5, 0.6) is 0 Å². The van der Waals surface area contributed by atoms with E-state index in [1.165, 1.54) is 0 Å². The Morgan fingerprint density at radius 2 is 1.72 bits per heavy atom. The third-order valence-corrected chi connectivity index (χ3v) is 4.66. The van der Waals surface area contributed by atoms with Crippen molar-refractivity contribution in [3.05, 3.63) is 65.2 Å². The van der Waals surface area contributed by atoms with Gasteiger partial charge in [0.1, 0.15) is 0 Å². The Balaban J connectivity index is 1.65. The molecule has 0 spiro atoms. The SMILES string of the molecule is CCCOCCC(=O)NCCC(=O)N1Cc2ccccc2C#Cc2ccccc21. The molecule has 1 heterocycles. The molecule has 0 bridgehead atoms. The van der Waals surface area contributed by atoms with Gasteiger partial charge in [-0.2, -0.15) is 0 Å². The largest absolute Gasteiger partial charge is 0.381 e. The van der Waals surface area contributed by atoms with Gasteiger partial charge in [-0.05, 0) is 30.2 Å². The monoisotopic (exact) mass is 390 g/mol. The maximum Gasteiger partial charge on any atom is 0.229 e. The van der Waals surface area contributed by atoms with E-state index in [2.05, 4.69) is 17.2 Å². The Bertz CT molecular complexity index is 927. The zero-order valence-corrected chi connectivity index (χ0v) is 16.7. The lowest BCUT2D eigenvalue weighted by Gasteiger charge is -2.26. The zero-order valence-electron chi connectivity index (χ0n) is 16.7. The first-order valence-corrected chi connectivity index (χ1v) is 10.0. The number of nitrogens with one attached hydrogen (secondary N) is 1.